The van der Waals surface area contributed by atoms with Crippen LogP contribution in [0.3, 0.4) is 0 Å². The Balaban J connectivity index is 1.82. The number of rotatable bonds is 3. The topological polar surface area (TPSA) is 42.0 Å². The fourth-order valence-electron chi connectivity index (χ4n) is 2.91. The third kappa shape index (κ3) is 4.83. The fourth-order valence-corrected chi connectivity index (χ4v) is 2.91. The Bertz CT molecular complexity index is 1020. The molecule has 29 heavy (non-hydrogen) atoms. The first-order chi connectivity index (χ1) is 13.6. The molecule has 6 heteroatoms. The number of pyridine rings is 1. The first kappa shape index (κ1) is 20.6. The van der Waals surface area contributed by atoms with Crippen LogP contribution in [0.5, 0.6) is 0 Å². The summed E-state index contributed by atoms with van der Waals surface area (Å²) in [5.74, 6) is -0.334. The molecule has 0 fully saturated rings. The van der Waals surface area contributed by atoms with Crippen molar-refractivity contribution in [1.29, 1.82) is 0 Å². The number of nitrogens with one attached hydrogen (secondary N) is 1. The van der Waals surface area contributed by atoms with Gasteiger partial charge in [-0.1, -0.05) is 45.0 Å². The highest BCUT2D eigenvalue weighted by atomic mass is 19.4. The predicted molar refractivity (Wildman–Crippen MR) is 108 cm³/mol. The van der Waals surface area contributed by atoms with Gasteiger partial charge in [-0.2, -0.15) is 13.2 Å². The third-order valence-corrected chi connectivity index (χ3v) is 4.52. The molecule has 1 aromatic heterocycles. The lowest BCUT2D eigenvalue weighted by molar-refractivity contribution is -0.137. The summed E-state index contributed by atoms with van der Waals surface area (Å²) in [6.45, 7) is 6.25. The van der Waals surface area contributed by atoms with Crippen molar-refractivity contribution < 1.29 is 18.0 Å². The van der Waals surface area contributed by atoms with Crippen LogP contribution in [0.1, 0.15) is 42.3 Å². The summed E-state index contributed by atoms with van der Waals surface area (Å²) in [4.78, 5) is 16.4. The van der Waals surface area contributed by atoms with Crippen molar-refractivity contribution >= 4 is 11.6 Å². The fraction of sp³-hybridized carbons (Fsp3) is 0.217. The Morgan fingerprint density at radius 3 is 2.24 bits per heavy atom. The van der Waals surface area contributed by atoms with E-state index in [1.807, 2.05) is 18.2 Å². The molecule has 3 rings (SSSR count). The number of carbonyl (C=O) groups excluding carboxylic acids is 1. The summed E-state index contributed by atoms with van der Waals surface area (Å²) < 4.78 is 39.6. The van der Waals surface area contributed by atoms with Crippen molar-refractivity contribution in [3.8, 4) is 11.3 Å². The second-order valence-electron chi connectivity index (χ2n) is 7.76. The highest BCUT2D eigenvalue weighted by Gasteiger charge is 2.34. The van der Waals surface area contributed by atoms with E-state index in [0.29, 0.717) is 16.8 Å². The summed E-state index contributed by atoms with van der Waals surface area (Å²) in [6.07, 6.45) is -3.19. The molecule has 150 valence electrons. The van der Waals surface area contributed by atoms with Crippen LogP contribution >= 0.6 is 0 Å². The Kier molecular flexibility index (Phi) is 5.46. The van der Waals surface area contributed by atoms with Crippen LogP contribution in [-0.4, -0.2) is 10.9 Å². The number of hydrogen-bond acceptors (Lipinski definition) is 2. The van der Waals surface area contributed by atoms with Crippen LogP contribution in [0.2, 0.25) is 0 Å². The molecule has 0 aliphatic carbocycles. The summed E-state index contributed by atoms with van der Waals surface area (Å²) in [5, 5.41) is 2.83. The average Bonchev–Trinajstić information content (AvgIpc) is 2.67. The molecule has 0 atom stereocenters. The molecule has 0 saturated heterocycles. The number of carbonyl (C=O) groups is 1. The number of aromatic nitrogens is 1. The number of amides is 1. The van der Waals surface area contributed by atoms with E-state index in [0.717, 1.165) is 11.6 Å². The lowest BCUT2D eigenvalue weighted by Gasteiger charge is -2.20. The lowest BCUT2D eigenvalue weighted by atomic mass is 9.87. The van der Waals surface area contributed by atoms with Gasteiger partial charge in [0.1, 0.15) is 0 Å². The number of anilines is 1. The van der Waals surface area contributed by atoms with E-state index in [-0.39, 0.29) is 17.0 Å². The van der Waals surface area contributed by atoms with Crippen molar-refractivity contribution in [2.24, 2.45) is 0 Å². The quantitative estimate of drug-likeness (QED) is 0.561. The number of benzene rings is 2. The lowest BCUT2D eigenvalue weighted by Crippen LogP contribution is -2.14. The van der Waals surface area contributed by atoms with Crippen molar-refractivity contribution in [2.45, 2.75) is 32.4 Å². The second-order valence-corrected chi connectivity index (χ2v) is 7.76. The highest BCUT2D eigenvalue weighted by molar-refractivity contribution is 6.04. The van der Waals surface area contributed by atoms with E-state index in [1.54, 1.807) is 6.07 Å². The summed E-state index contributed by atoms with van der Waals surface area (Å²) in [5.41, 5.74) is 1.36. The first-order valence-electron chi connectivity index (χ1n) is 9.10. The Hall–Kier alpha value is -3.15. The molecule has 1 heterocycles. The summed E-state index contributed by atoms with van der Waals surface area (Å²) in [7, 11) is 0. The SMILES string of the molecule is CC(C)(C)c1cccc(NC(=O)c2ccc(-c3ncccc3C(F)(F)F)cc2)c1. The Morgan fingerprint density at radius 1 is 0.931 bits per heavy atom. The molecular formula is C23H21F3N2O. The summed E-state index contributed by atoms with van der Waals surface area (Å²) in [6, 6.07) is 15.7. The largest absolute Gasteiger partial charge is 0.418 e. The van der Waals surface area contributed by atoms with E-state index in [9.17, 15) is 18.0 Å². The maximum Gasteiger partial charge on any atom is 0.418 e. The van der Waals surface area contributed by atoms with Gasteiger partial charge < -0.3 is 5.32 Å². The first-order valence-corrected chi connectivity index (χ1v) is 9.10. The van der Waals surface area contributed by atoms with Crippen molar-refractivity contribution in [1.82, 2.24) is 4.98 Å². The molecule has 0 aliphatic heterocycles. The van der Waals surface area contributed by atoms with Gasteiger partial charge in [-0.3, -0.25) is 9.78 Å². The molecule has 1 amide bonds. The summed E-state index contributed by atoms with van der Waals surface area (Å²) >= 11 is 0. The Morgan fingerprint density at radius 2 is 1.62 bits per heavy atom. The zero-order valence-electron chi connectivity index (χ0n) is 16.3. The minimum Gasteiger partial charge on any atom is -0.322 e. The zero-order chi connectivity index (χ0) is 21.2. The molecule has 0 spiro atoms. The monoisotopic (exact) mass is 398 g/mol. The predicted octanol–water partition coefficient (Wildman–Crippen LogP) is 6.32. The van der Waals surface area contributed by atoms with E-state index in [1.165, 1.54) is 36.5 Å². The van der Waals surface area contributed by atoms with Gasteiger partial charge in [-0.15, -0.1) is 0 Å². The second kappa shape index (κ2) is 7.70. The zero-order valence-corrected chi connectivity index (χ0v) is 16.3. The van der Waals surface area contributed by atoms with Crippen LogP contribution in [-0.2, 0) is 11.6 Å². The van der Waals surface area contributed by atoms with Gasteiger partial charge in [-0.25, -0.2) is 0 Å². The number of hydrogen-bond donors (Lipinski definition) is 1. The molecule has 3 aromatic rings. The van der Waals surface area contributed by atoms with Gasteiger partial charge in [0, 0.05) is 23.0 Å². The van der Waals surface area contributed by atoms with Crippen LogP contribution in [0.25, 0.3) is 11.3 Å². The minimum absolute atomic E-state index is 0.0543. The third-order valence-electron chi connectivity index (χ3n) is 4.52. The number of halogens is 3. The molecule has 0 radical (unpaired) electrons. The average molecular weight is 398 g/mol. The normalized spacial score (nSPS) is 11.9. The molecular weight excluding hydrogens is 377 g/mol. The molecule has 3 nitrogen and oxygen atoms in total. The van der Waals surface area contributed by atoms with E-state index in [4.69, 9.17) is 0 Å². The van der Waals surface area contributed by atoms with Crippen LogP contribution in [0, 0.1) is 0 Å². The van der Waals surface area contributed by atoms with Crippen molar-refractivity contribution in [3.63, 3.8) is 0 Å². The highest BCUT2D eigenvalue weighted by Crippen LogP contribution is 2.35. The van der Waals surface area contributed by atoms with Gasteiger partial charge in [0.25, 0.3) is 5.91 Å². The van der Waals surface area contributed by atoms with Gasteiger partial charge >= 0.3 is 6.18 Å². The van der Waals surface area contributed by atoms with Crippen molar-refractivity contribution in [2.75, 3.05) is 5.32 Å². The van der Waals surface area contributed by atoms with Gasteiger partial charge in [-0.05, 0) is 47.4 Å². The van der Waals surface area contributed by atoms with Gasteiger partial charge in [0.15, 0.2) is 0 Å². The van der Waals surface area contributed by atoms with E-state index < -0.39 is 11.7 Å². The van der Waals surface area contributed by atoms with E-state index in [2.05, 4.69) is 31.1 Å². The van der Waals surface area contributed by atoms with Crippen molar-refractivity contribution in [3.05, 3.63) is 83.6 Å². The molecule has 0 bridgehead atoms. The van der Waals surface area contributed by atoms with E-state index >= 15 is 0 Å². The molecule has 0 unspecified atom stereocenters. The molecule has 0 aliphatic rings. The van der Waals surface area contributed by atoms with Crippen LogP contribution in [0.15, 0.2) is 66.9 Å². The van der Waals surface area contributed by atoms with Gasteiger partial charge in [0.05, 0.1) is 11.3 Å². The maximum absolute atomic E-state index is 13.2. The number of nitrogens with zero attached hydrogens (tertiary/aromatic N) is 1. The smallest absolute Gasteiger partial charge is 0.322 e. The van der Waals surface area contributed by atoms with Crippen LogP contribution in [0.4, 0.5) is 18.9 Å². The van der Waals surface area contributed by atoms with Crippen LogP contribution < -0.4 is 5.32 Å². The van der Waals surface area contributed by atoms with Gasteiger partial charge in [0.2, 0.25) is 0 Å². The molecule has 0 saturated carbocycles. The Labute approximate surface area is 167 Å². The standard InChI is InChI=1S/C23H21F3N2O/c1-22(2,3)17-6-4-7-18(14-17)28-21(29)16-11-9-15(10-12-16)20-19(23(24,25)26)8-5-13-27-20/h4-14H,1-3H3,(H,28,29). The maximum atomic E-state index is 13.2. The number of alkyl halides is 3. The molecule has 2 aromatic carbocycles. The minimum atomic E-state index is -4.50. The molecule has 1 N–H and O–H groups in total.